The molecule has 2 aromatic rings. The lowest BCUT2D eigenvalue weighted by Gasteiger charge is -2.06. The second-order valence-electron chi connectivity index (χ2n) is 4.83. The Balaban J connectivity index is 2.13. The number of hydrogen-bond acceptors (Lipinski definition) is 5. The summed E-state index contributed by atoms with van der Waals surface area (Å²) in [6.07, 6.45) is 2.42. The average Bonchev–Trinajstić information content (AvgIpc) is 2.99. The molecule has 0 bridgehead atoms. The van der Waals surface area contributed by atoms with Crippen LogP contribution in [0.3, 0.4) is 0 Å². The van der Waals surface area contributed by atoms with Crippen molar-refractivity contribution in [1.82, 2.24) is 9.97 Å². The first kappa shape index (κ1) is 12.5. The number of pyridine rings is 1. The molecular formula is C13H14N2O3S. The van der Waals surface area contributed by atoms with Gasteiger partial charge in [0.15, 0.2) is 0 Å². The van der Waals surface area contributed by atoms with E-state index in [1.165, 1.54) is 17.5 Å². The van der Waals surface area contributed by atoms with Crippen LogP contribution < -0.4 is 0 Å². The lowest BCUT2D eigenvalue weighted by molar-refractivity contribution is 0.0695. The second kappa shape index (κ2) is 4.54. The van der Waals surface area contributed by atoms with Gasteiger partial charge in [-0.1, -0.05) is 11.3 Å². The predicted octanol–water partition coefficient (Wildman–Crippen LogP) is 2.45. The molecule has 1 fully saturated rings. The van der Waals surface area contributed by atoms with Gasteiger partial charge in [0, 0.05) is 25.5 Å². The van der Waals surface area contributed by atoms with E-state index < -0.39 is 5.97 Å². The number of ether oxygens (including phenoxy) is 1. The van der Waals surface area contributed by atoms with Gasteiger partial charge in [0.05, 0.1) is 10.6 Å². The van der Waals surface area contributed by atoms with Crippen LogP contribution in [-0.2, 0) is 4.74 Å². The van der Waals surface area contributed by atoms with E-state index >= 15 is 0 Å². The van der Waals surface area contributed by atoms with Crippen molar-refractivity contribution in [3.05, 3.63) is 22.3 Å². The Bertz CT molecular complexity index is 653. The number of nitrogens with zero attached hydrogens (tertiary/aromatic N) is 2. The van der Waals surface area contributed by atoms with Crippen LogP contribution in [0.25, 0.3) is 10.3 Å². The Morgan fingerprint density at radius 2 is 2.42 bits per heavy atom. The standard InChI is InChI=1S/C13H14N2O3S/c1-6-15-11-10(8-3-7(8)5-18-2)9(13(16)17)4-14-12(11)19-6/h4,7-8H,3,5H2,1-2H3,(H,16,17)/t7-,8+/m0/s1. The number of aromatic carboxylic acids is 1. The summed E-state index contributed by atoms with van der Waals surface area (Å²) in [4.78, 5) is 20.9. The summed E-state index contributed by atoms with van der Waals surface area (Å²) < 4.78 is 5.15. The van der Waals surface area contributed by atoms with Crippen molar-refractivity contribution < 1.29 is 14.6 Å². The minimum absolute atomic E-state index is 0.234. The van der Waals surface area contributed by atoms with Crippen molar-refractivity contribution in [3.8, 4) is 0 Å². The summed E-state index contributed by atoms with van der Waals surface area (Å²) in [5.74, 6) is -0.299. The number of methoxy groups -OCH3 is 1. The number of carbonyl (C=O) groups is 1. The van der Waals surface area contributed by atoms with E-state index in [1.54, 1.807) is 7.11 Å². The largest absolute Gasteiger partial charge is 0.478 e. The van der Waals surface area contributed by atoms with Gasteiger partial charge in [-0.2, -0.15) is 0 Å². The fourth-order valence-electron chi connectivity index (χ4n) is 2.54. The maximum absolute atomic E-state index is 11.4. The molecule has 2 aromatic heterocycles. The van der Waals surface area contributed by atoms with E-state index in [0.29, 0.717) is 12.5 Å². The van der Waals surface area contributed by atoms with Crippen molar-refractivity contribution >= 4 is 27.7 Å². The SMILES string of the molecule is COC[C@@H]1C[C@H]1c1c(C(=O)O)cnc2sc(C)nc12. The zero-order valence-corrected chi connectivity index (χ0v) is 11.5. The predicted molar refractivity (Wildman–Crippen MR) is 71.8 cm³/mol. The Kier molecular flexibility index (Phi) is 2.99. The van der Waals surface area contributed by atoms with Crippen LogP contribution in [0.4, 0.5) is 0 Å². The van der Waals surface area contributed by atoms with Gasteiger partial charge >= 0.3 is 5.97 Å². The first-order chi connectivity index (χ1) is 9.11. The zero-order chi connectivity index (χ0) is 13.6. The molecule has 1 saturated carbocycles. The second-order valence-corrected chi connectivity index (χ2v) is 6.02. The summed E-state index contributed by atoms with van der Waals surface area (Å²) in [6, 6.07) is 0. The van der Waals surface area contributed by atoms with E-state index in [4.69, 9.17) is 4.74 Å². The number of fused-ring (bicyclic) bond motifs is 1. The van der Waals surface area contributed by atoms with Crippen LogP contribution in [0.2, 0.25) is 0 Å². The summed E-state index contributed by atoms with van der Waals surface area (Å²) in [5, 5.41) is 10.2. The number of rotatable bonds is 4. The first-order valence-corrected chi connectivity index (χ1v) is 6.91. The molecule has 1 aliphatic carbocycles. The highest BCUT2D eigenvalue weighted by atomic mass is 32.1. The first-order valence-electron chi connectivity index (χ1n) is 6.10. The van der Waals surface area contributed by atoms with Gasteiger partial charge in [0.1, 0.15) is 10.3 Å². The van der Waals surface area contributed by atoms with Crippen molar-refractivity contribution in [3.63, 3.8) is 0 Å². The molecule has 6 heteroatoms. The third-order valence-corrected chi connectivity index (χ3v) is 4.36. The lowest BCUT2D eigenvalue weighted by atomic mass is 10.0. The molecule has 3 rings (SSSR count). The Morgan fingerprint density at radius 1 is 1.63 bits per heavy atom. The maximum atomic E-state index is 11.4. The minimum atomic E-state index is -0.932. The average molecular weight is 278 g/mol. The molecule has 0 radical (unpaired) electrons. The van der Waals surface area contributed by atoms with Gasteiger partial charge in [0.25, 0.3) is 0 Å². The highest BCUT2D eigenvalue weighted by molar-refractivity contribution is 7.18. The number of carboxylic acid groups (broad SMARTS) is 1. The van der Waals surface area contributed by atoms with E-state index in [9.17, 15) is 9.90 Å². The van der Waals surface area contributed by atoms with Gasteiger partial charge in [-0.15, -0.1) is 0 Å². The molecule has 2 heterocycles. The van der Waals surface area contributed by atoms with Crippen LogP contribution in [-0.4, -0.2) is 34.8 Å². The molecule has 0 spiro atoms. The van der Waals surface area contributed by atoms with E-state index in [2.05, 4.69) is 9.97 Å². The molecule has 0 amide bonds. The van der Waals surface area contributed by atoms with Gasteiger partial charge in [-0.3, -0.25) is 0 Å². The number of aryl methyl sites for hydroxylation is 1. The van der Waals surface area contributed by atoms with Crippen LogP contribution in [0, 0.1) is 12.8 Å². The third kappa shape index (κ3) is 2.11. The summed E-state index contributed by atoms with van der Waals surface area (Å²) in [5.41, 5.74) is 1.87. The molecule has 5 nitrogen and oxygen atoms in total. The Hall–Kier alpha value is -1.53. The van der Waals surface area contributed by atoms with Crippen LogP contribution in [0.15, 0.2) is 6.20 Å². The Labute approximate surface area is 114 Å². The summed E-state index contributed by atoms with van der Waals surface area (Å²) >= 11 is 1.50. The summed E-state index contributed by atoms with van der Waals surface area (Å²) in [7, 11) is 1.67. The van der Waals surface area contributed by atoms with Gasteiger partial charge in [-0.25, -0.2) is 14.8 Å². The number of thiazole rings is 1. The number of hydrogen-bond donors (Lipinski definition) is 1. The molecule has 1 N–H and O–H groups in total. The zero-order valence-electron chi connectivity index (χ0n) is 10.7. The van der Waals surface area contributed by atoms with Crippen LogP contribution >= 0.6 is 11.3 Å². The molecule has 19 heavy (non-hydrogen) atoms. The van der Waals surface area contributed by atoms with Crippen molar-refractivity contribution in [2.75, 3.05) is 13.7 Å². The molecule has 0 unspecified atom stereocenters. The van der Waals surface area contributed by atoms with Gasteiger partial charge in [0.2, 0.25) is 0 Å². The molecule has 0 aliphatic heterocycles. The molecule has 100 valence electrons. The smallest absolute Gasteiger partial charge is 0.337 e. The maximum Gasteiger partial charge on any atom is 0.337 e. The van der Waals surface area contributed by atoms with Crippen molar-refractivity contribution in [2.45, 2.75) is 19.3 Å². The molecule has 2 atom stereocenters. The van der Waals surface area contributed by atoms with E-state index in [-0.39, 0.29) is 11.5 Å². The monoisotopic (exact) mass is 278 g/mol. The van der Waals surface area contributed by atoms with Gasteiger partial charge in [-0.05, 0) is 25.2 Å². The van der Waals surface area contributed by atoms with Crippen LogP contribution in [0.1, 0.15) is 33.3 Å². The number of carboxylic acids is 1. The minimum Gasteiger partial charge on any atom is -0.478 e. The molecule has 1 aliphatic rings. The fraction of sp³-hybridized carbons (Fsp3) is 0.462. The van der Waals surface area contributed by atoms with Crippen LogP contribution in [0.5, 0.6) is 0 Å². The number of aromatic nitrogens is 2. The molecule has 0 saturated heterocycles. The fourth-order valence-corrected chi connectivity index (χ4v) is 3.32. The highest BCUT2D eigenvalue weighted by Gasteiger charge is 2.42. The quantitative estimate of drug-likeness (QED) is 0.930. The Morgan fingerprint density at radius 3 is 3.11 bits per heavy atom. The van der Waals surface area contributed by atoms with Gasteiger partial charge < -0.3 is 9.84 Å². The third-order valence-electron chi connectivity index (χ3n) is 3.48. The lowest BCUT2D eigenvalue weighted by Crippen LogP contribution is -2.05. The highest BCUT2D eigenvalue weighted by Crippen LogP contribution is 2.50. The van der Waals surface area contributed by atoms with E-state index in [1.807, 2.05) is 6.92 Å². The molecular weight excluding hydrogens is 264 g/mol. The van der Waals surface area contributed by atoms with Crippen molar-refractivity contribution in [1.29, 1.82) is 0 Å². The molecule has 0 aromatic carbocycles. The van der Waals surface area contributed by atoms with Crippen molar-refractivity contribution in [2.24, 2.45) is 5.92 Å². The topological polar surface area (TPSA) is 72.3 Å². The summed E-state index contributed by atoms with van der Waals surface area (Å²) in [6.45, 7) is 2.58. The van der Waals surface area contributed by atoms with E-state index in [0.717, 1.165) is 27.3 Å². The normalized spacial score (nSPS) is 21.8.